The molecule has 230 valence electrons. The zero-order chi connectivity index (χ0) is 32.3. The fourth-order valence-electron chi connectivity index (χ4n) is 6.15. The van der Waals surface area contributed by atoms with Crippen LogP contribution >= 0.6 is 0 Å². The molecule has 11 nitrogen and oxygen atoms in total. The van der Waals surface area contributed by atoms with Crippen LogP contribution in [0.4, 0.5) is 16.2 Å². The van der Waals surface area contributed by atoms with Gasteiger partial charge in [-0.3, -0.25) is 19.8 Å². The Bertz CT molecular complexity index is 1710. The highest BCUT2D eigenvalue weighted by Gasteiger charge is 2.65. The van der Waals surface area contributed by atoms with Gasteiger partial charge in [0.25, 0.3) is 5.69 Å². The fourth-order valence-corrected chi connectivity index (χ4v) is 6.15. The topological polar surface area (TPSA) is 148 Å². The van der Waals surface area contributed by atoms with E-state index in [9.17, 15) is 29.6 Å². The number of carbonyl (C=O) groups excluding carboxylic acids is 2. The SMILES string of the molecule is COc1ccc(NC(=O)N2C(c3ccc(OC)cc3)C(C(=O)c3ccccc3)C(c3ccc([N+](=O)[O-])cc3)C2(C)C(=O)O)cc1. The molecule has 4 aromatic rings. The number of ether oxygens (including phenoxy) is 2. The van der Waals surface area contributed by atoms with Gasteiger partial charge in [0.2, 0.25) is 0 Å². The van der Waals surface area contributed by atoms with Crippen LogP contribution in [0.25, 0.3) is 0 Å². The van der Waals surface area contributed by atoms with E-state index in [4.69, 9.17) is 9.47 Å². The van der Waals surface area contributed by atoms with Crippen LogP contribution in [-0.2, 0) is 4.79 Å². The zero-order valence-corrected chi connectivity index (χ0v) is 24.7. The average molecular weight is 610 g/mol. The number of rotatable bonds is 9. The van der Waals surface area contributed by atoms with Crippen molar-refractivity contribution in [2.24, 2.45) is 5.92 Å². The second-order valence-electron chi connectivity index (χ2n) is 10.8. The molecule has 1 heterocycles. The van der Waals surface area contributed by atoms with E-state index in [-0.39, 0.29) is 11.5 Å². The summed E-state index contributed by atoms with van der Waals surface area (Å²) in [6.07, 6.45) is 0. The van der Waals surface area contributed by atoms with E-state index >= 15 is 0 Å². The Morgan fingerprint density at radius 2 is 1.36 bits per heavy atom. The summed E-state index contributed by atoms with van der Waals surface area (Å²) in [5.41, 5.74) is -0.609. The molecule has 1 aliphatic heterocycles. The second kappa shape index (κ2) is 12.5. The van der Waals surface area contributed by atoms with Crippen LogP contribution < -0.4 is 14.8 Å². The molecule has 45 heavy (non-hydrogen) atoms. The minimum absolute atomic E-state index is 0.194. The van der Waals surface area contributed by atoms with Crippen molar-refractivity contribution in [1.82, 2.24) is 4.90 Å². The number of nitrogens with zero attached hydrogens (tertiary/aromatic N) is 2. The molecular formula is C34H31N3O8. The average Bonchev–Trinajstić information content (AvgIpc) is 3.35. The summed E-state index contributed by atoms with van der Waals surface area (Å²) in [5, 5.41) is 25.2. The van der Waals surface area contributed by atoms with Crippen LogP contribution in [0.2, 0.25) is 0 Å². The van der Waals surface area contributed by atoms with Crippen molar-refractivity contribution in [3.05, 3.63) is 130 Å². The highest BCUT2D eigenvalue weighted by molar-refractivity contribution is 6.03. The first-order chi connectivity index (χ1) is 21.6. The Balaban J connectivity index is 1.75. The number of carbonyl (C=O) groups is 3. The molecule has 1 aliphatic rings. The normalized spacial score (nSPS) is 20.7. The van der Waals surface area contributed by atoms with E-state index in [1.165, 1.54) is 50.3 Å². The van der Waals surface area contributed by atoms with Crippen molar-refractivity contribution >= 4 is 29.2 Å². The maximum atomic E-state index is 14.5. The molecule has 4 atom stereocenters. The number of benzene rings is 4. The number of ketones is 1. The minimum atomic E-state index is -1.99. The van der Waals surface area contributed by atoms with E-state index in [0.29, 0.717) is 33.9 Å². The molecule has 5 rings (SSSR count). The number of Topliss-reactive ketones (excluding diaryl/α,β-unsaturated/α-hetero) is 1. The van der Waals surface area contributed by atoms with E-state index in [1.807, 2.05) is 0 Å². The number of nitro groups is 1. The van der Waals surface area contributed by atoms with Crippen molar-refractivity contribution in [3.63, 3.8) is 0 Å². The second-order valence-corrected chi connectivity index (χ2v) is 10.8. The molecule has 1 saturated heterocycles. The van der Waals surface area contributed by atoms with E-state index in [1.54, 1.807) is 78.9 Å². The van der Waals surface area contributed by atoms with Gasteiger partial charge in [-0.15, -0.1) is 0 Å². The molecular weight excluding hydrogens is 578 g/mol. The molecule has 1 fully saturated rings. The lowest BCUT2D eigenvalue weighted by molar-refractivity contribution is -0.384. The van der Waals surface area contributed by atoms with Gasteiger partial charge in [-0.2, -0.15) is 0 Å². The Morgan fingerprint density at radius 1 is 0.822 bits per heavy atom. The number of aliphatic carboxylic acids is 1. The van der Waals surface area contributed by atoms with Gasteiger partial charge in [0.1, 0.15) is 17.0 Å². The van der Waals surface area contributed by atoms with Crippen LogP contribution in [-0.4, -0.2) is 52.5 Å². The van der Waals surface area contributed by atoms with E-state index < -0.39 is 40.3 Å². The number of hydrogen-bond acceptors (Lipinski definition) is 7. The molecule has 0 aliphatic carbocycles. The molecule has 4 unspecified atom stereocenters. The van der Waals surface area contributed by atoms with Gasteiger partial charge in [0, 0.05) is 29.3 Å². The number of likely N-dealkylation sites (tertiary alicyclic amines) is 1. The molecule has 2 N–H and O–H groups in total. The Hall–Kier alpha value is -5.71. The van der Waals surface area contributed by atoms with Gasteiger partial charge in [0.15, 0.2) is 5.78 Å². The molecule has 0 bridgehead atoms. The van der Waals surface area contributed by atoms with E-state index in [0.717, 1.165) is 0 Å². The lowest BCUT2D eigenvalue weighted by atomic mass is 9.71. The van der Waals surface area contributed by atoms with E-state index in [2.05, 4.69) is 5.32 Å². The third-order valence-corrected chi connectivity index (χ3v) is 8.36. The number of amides is 2. The van der Waals surface area contributed by atoms with Crippen LogP contribution in [0.3, 0.4) is 0 Å². The number of carboxylic acid groups (broad SMARTS) is 1. The van der Waals surface area contributed by atoms with Gasteiger partial charge in [-0.1, -0.05) is 54.6 Å². The Kier molecular flexibility index (Phi) is 8.53. The predicted octanol–water partition coefficient (Wildman–Crippen LogP) is 6.33. The Labute approximate surface area is 259 Å². The molecule has 0 saturated carbocycles. The lowest BCUT2D eigenvalue weighted by Gasteiger charge is -2.37. The number of nitrogens with one attached hydrogen (secondary N) is 1. The van der Waals surface area contributed by atoms with Gasteiger partial charge in [-0.05, 0) is 54.4 Å². The largest absolute Gasteiger partial charge is 0.497 e. The number of urea groups is 1. The summed E-state index contributed by atoms with van der Waals surface area (Å²) in [7, 11) is 3.02. The number of hydrogen-bond donors (Lipinski definition) is 2. The maximum Gasteiger partial charge on any atom is 0.330 e. The van der Waals surface area contributed by atoms with Gasteiger partial charge < -0.3 is 19.9 Å². The summed E-state index contributed by atoms with van der Waals surface area (Å²) in [4.78, 5) is 54.4. The van der Waals surface area contributed by atoms with Crippen LogP contribution in [0.1, 0.15) is 40.4 Å². The van der Waals surface area contributed by atoms with Crippen LogP contribution in [0.5, 0.6) is 11.5 Å². The molecule has 0 radical (unpaired) electrons. The third-order valence-electron chi connectivity index (χ3n) is 8.36. The summed E-state index contributed by atoms with van der Waals surface area (Å²) >= 11 is 0. The van der Waals surface area contributed by atoms with Crippen molar-refractivity contribution in [1.29, 1.82) is 0 Å². The van der Waals surface area contributed by atoms with Crippen molar-refractivity contribution in [3.8, 4) is 11.5 Å². The number of nitro benzene ring substituents is 1. The van der Waals surface area contributed by atoms with Crippen LogP contribution in [0.15, 0.2) is 103 Å². The number of carboxylic acids is 1. The number of anilines is 1. The summed E-state index contributed by atoms with van der Waals surface area (Å²) in [5.74, 6) is -2.86. The minimum Gasteiger partial charge on any atom is -0.497 e. The monoisotopic (exact) mass is 609 g/mol. The summed E-state index contributed by atoms with van der Waals surface area (Å²) < 4.78 is 10.5. The van der Waals surface area contributed by atoms with Crippen molar-refractivity contribution in [2.75, 3.05) is 19.5 Å². The highest BCUT2D eigenvalue weighted by Crippen LogP contribution is 2.57. The van der Waals surface area contributed by atoms with Crippen molar-refractivity contribution in [2.45, 2.75) is 24.4 Å². The molecule has 0 spiro atoms. The van der Waals surface area contributed by atoms with Crippen molar-refractivity contribution < 1.29 is 33.9 Å². The standard InChI is InChI=1S/C34H31N3O8/c1-34(32(39)40)29(21-9-15-25(16-10-21)37(42)43)28(31(38)23-7-5-4-6-8-23)30(22-11-17-26(44-2)18-12-22)36(34)33(41)35-24-13-19-27(45-3)20-14-24/h4-20,28-30H,1-3H3,(H,35,41)(H,39,40). The molecule has 4 aromatic carbocycles. The van der Waals surface area contributed by atoms with Gasteiger partial charge >= 0.3 is 12.0 Å². The maximum absolute atomic E-state index is 14.5. The first kappa shape index (κ1) is 30.7. The first-order valence-corrected chi connectivity index (χ1v) is 14.1. The molecule has 2 amide bonds. The zero-order valence-electron chi connectivity index (χ0n) is 24.7. The van der Waals surface area contributed by atoms with Gasteiger partial charge in [-0.25, -0.2) is 9.59 Å². The van der Waals surface area contributed by atoms with Crippen LogP contribution in [0, 0.1) is 16.0 Å². The van der Waals surface area contributed by atoms with Gasteiger partial charge in [0.05, 0.1) is 31.1 Å². The highest BCUT2D eigenvalue weighted by atomic mass is 16.6. The molecule has 0 aromatic heterocycles. The summed E-state index contributed by atoms with van der Waals surface area (Å²) in [6, 6.07) is 25.4. The predicted molar refractivity (Wildman–Crippen MR) is 166 cm³/mol. The smallest absolute Gasteiger partial charge is 0.330 e. The third kappa shape index (κ3) is 5.67. The summed E-state index contributed by atoms with van der Waals surface area (Å²) in [6.45, 7) is 1.41. The molecule has 11 heteroatoms. The Morgan fingerprint density at radius 3 is 1.87 bits per heavy atom. The quantitative estimate of drug-likeness (QED) is 0.127. The lowest BCUT2D eigenvalue weighted by Crippen LogP contribution is -2.55. The fraction of sp³-hybridized carbons (Fsp3) is 0.206. The number of non-ortho nitro benzene ring substituents is 1. The first-order valence-electron chi connectivity index (χ1n) is 14.1. The number of methoxy groups -OCH3 is 2.